The smallest absolute Gasteiger partial charge is 0.340 e. The number of rotatable bonds is 22. The van der Waals surface area contributed by atoms with Crippen molar-refractivity contribution in [3.8, 4) is 33.8 Å². The van der Waals surface area contributed by atoms with E-state index in [-0.39, 0.29) is 58.1 Å². The number of nitrogens with one attached hydrogen (secondary N) is 2. The van der Waals surface area contributed by atoms with Gasteiger partial charge < -0.3 is 68.2 Å². The first kappa shape index (κ1) is 77.2. The molecule has 0 aromatic heterocycles. The van der Waals surface area contributed by atoms with Gasteiger partial charge in [0, 0.05) is 62.0 Å². The number of amides is 2. The van der Waals surface area contributed by atoms with Crippen LogP contribution in [0.4, 0.5) is 26.3 Å². The van der Waals surface area contributed by atoms with Gasteiger partial charge >= 0.3 is 29.8 Å². The highest BCUT2D eigenvalue weighted by molar-refractivity contribution is 5.92. The lowest BCUT2D eigenvalue weighted by Crippen LogP contribution is -2.57. The Morgan fingerprint density at radius 1 is 0.374 bits per heavy atom. The molecule has 12 rings (SSSR count). The van der Waals surface area contributed by atoms with Crippen molar-refractivity contribution in [1.29, 1.82) is 0 Å². The third-order valence-electron chi connectivity index (χ3n) is 19.6. The van der Waals surface area contributed by atoms with E-state index in [9.17, 15) is 61.3 Å². The highest BCUT2D eigenvalue weighted by Gasteiger charge is 2.51. The molecule has 9 aromatic carbocycles. The molecule has 21 nitrogen and oxygen atoms in total. The fourth-order valence-electron chi connectivity index (χ4n) is 12.7. The number of benzene rings is 9. The Bertz CT molecular complexity index is 4870. The second-order valence-electron chi connectivity index (χ2n) is 27.8. The Labute approximate surface area is 679 Å². The molecule has 0 spiro atoms. The van der Waals surface area contributed by atoms with Crippen molar-refractivity contribution in [2.24, 2.45) is 17.8 Å². The number of hydrogen-bond donors (Lipinski definition) is 4. The van der Waals surface area contributed by atoms with Crippen molar-refractivity contribution >= 4 is 41.7 Å². The first-order valence-electron chi connectivity index (χ1n) is 42.9. The maximum atomic E-state index is 15.4. The van der Waals surface area contributed by atoms with Crippen LogP contribution in [0.3, 0.4) is 0 Å². The molecule has 3 aliphatic heterocycles. The number of aliphatic hydroxyl groups excluding tert-OH is 2. The second-order valence-corrected chi connectivity index (χ2v) is 27.8. The number of carbonyl (C=O) groups is 7. The Balaban J connectivity index is 0.000000475. The third kappa shape index (κ3) is 22.4. The number of alkyl halides is 4. The fraction of sp³-hybridized carbons (Fsp3) is 0.307. The number of carbonyl (C=O) groups excluding carboxylic acids is 7. The van der Waals surface area contributed by atoms with Gasteiger partial charge in [0.25, 0.3) is 11.8 Å². The zero-order valence-electron chi connectivity index (χ0n) is 75.7. The molecule has 0 aliphatic carbocycles. The largest absolute Gasteiger partial charge is 0.462 e. The molecular formula is C88H100F6N2O19. The molecule has 15 atom stereocenters. The molecule has 3 aliphatic rings. The van der Waals surface area contributed by atoms with Gasteiger partial charge in [0.2, 0.25) is 42.9 Å². The average molecular weight is 1630 g/mol. The monoisotopic (exact) mass is 1630 g/mol. The first-order chi connectivity index (χ1) is 60.9. The molecule has 115 heavy (non-hydrogen) atoms. The van der Waals surface area contributed by atoms with Gasteiger partial charge in [0.05, 0.1) is 65.3 Å². The van der Waals surface area contributed by atoms with Crippen molar-refractivity contribution in [3.63, 3.8) is 0 Å². The molecule has 0 radical (unpaired) electrons. The summed E-state index contributed by atoms with van der Waals surface area (Å²) in [4.78, 5) is 87.7. The lowest BCUT2D eigenvalue weighted by molar-refractivity contribution is -0.259. The Kier molecular flexibility index (Phi) is 26.1. The van der Waals surface area contributed by atoms with Gasteiger partial charge in [-0.3, -0.25) is 9.59 Å². The van der Waals surface area contributed by atoms with Crippen LogP contribution in [0.25, 0.3) is 22.3 Å². The van der Waals surface area contributed by atoms with E-state index in [4.69, 9.17) is 65.2 Å². The van der Waals surface area contributed by atoms with Gasteiger partial charge in [-0.1, -0.05) is 136 Å². The van der Waals surface area contributed by atoms with Crippen LogP contribution in [0.5, 0.6) is 11.5 Å². The summed E-state index contributed by atoms with van der Waals surface area (Å²) >= 11 is 0. The van der Waals surface area contributed by atoms with E-state index in [1.807, 2.05) is 6.92 Å². The van der Waals surface area contributed by atoms with E-state index in [1.165, 1.54) is 60.7 Å². The molecule has 0 bridgehead atoms. The van der Waals surface area contributed by atoms with Gasteiger partial charge in [-0.15, -0.1) is 0 Å². The summed E-state index contributed by atoms with van der Waals surface area (Å²) < 4.78 is 208. The highest BCUT2D eigenvalue weighted by Crippen LogP contribution is 2.43. The van der Waals surface area contributed by atoms with Gasteiger partial charge in [-0.05, 0) is 164 Å². The predicted molar refractivity (Wildman–Crippen MR) is 422 cm³/mol. The minimum Gasteiger partial charge on any atom is -0.462 e. The van der Waals surface area contributed by atoms with Gasteiger partial charge in [0.1, 0.15) is 29.2 Å². The van der Waals surface area contributed by atoms with E-state index in [2.05, 4.69) is 10.6 Å². The van der Waals surface area contributed by atoms with Crippen LogP contribution in [0.2, 0.25) is 0 Å². The van der Waals surface area contributed by atoms with Crippen molar-refractivity contribution < 1.29 is 137 Å². The Hall–Kier alpha value is -11.8. The summed E-state index contributed by atoms with van der Waals surface area (Å²) in [6.07, 6.45) is -12.2. The molecule has 4 N–H and O–H groups in total. The molecule has 3 fully saturated rings. The normalized spacial score (nSPS) is 23.5. The zero-order valence-corrected chi connectivity index (χ0v) is 63.7. The van der Waals surface area contributed by atoms with Gasteiger partial charge in [-0.25, -0.2) is 32.8 Å². The number of esters is 5. The lowest BCUT2D eigenvalue weighted by Gasteiger charge is -2.43. The molecule has 27 heteroatoms. The lowest BCUT2D eigenvalue weighted by atomic mass is 9.91. The summed E-state index contributed by atoms with van der Waals surface area (Å²) in [6, 6.07) is 59.4. The van der Waals surface area contributed by atoms with Crippen LogP contribution in [0.15, 0.2) is 237 Å². The number of halogens is 6. The molecule has 2 amide bonds. The zero-order chi connectivity index (χ0) is 94.8. The topological polar surface area (TPSA) is 276 Å². The van der Waals surface area contributed by atoms with Crippen molar-refractivity contribution in [2.75, 3.05) is 13.1 Å². The Morgan fingerprint density at radius 3 is 1.03 bits per heavy atom. The predicted octanol–water partition coefficient (Wildman–Crippen LogP) is 16.5. The molecule has 0 saturated carbocycles. The van der Waals surface area contributed by atoms with Crippen LogP contribution < -0.4 is 20.1 Å². The third-order valence-corrected chi connectivity index (χ3v) is 19.6. The maximum absolute atomic E-state index is 15.4. The highest BCUT2D eigenvalue weighted by atomic mass is 19.3. The number of aliphatic hydroxyl groups is 2. The minimum absolute atomic E-state index is 0. The van der Waals surface area contributed by atoms with E-state index in [1.54, 1.807) is 186 Å². The van der Waals surface area contributed by atoms with Gasteiger partial charge in [-0.2, -0.15) is 17.6 Å². The quantitative estimate of drug-likeness (QED) is 0.0279. The van der Waals surface area contributed by atoms with Gasteiger partial charge in [0.15, 0.2) is 12.2 Å². The van der Waals surface area contributed by atoms with E-state index < -0.39 is 169 Å². The van der Waals surface area contributed by atoms with Crippen molar-refractivity contribution in [1.82, 2.24) is 10.6 Å². The molecular weight excluding hydrogens is 1500 g/mol. The fourth-order valence-corrected chi connectivity index (χ4v) is 12.7. The standard InChI is InChI=1S/C37H34F3NO7.C28H26O7.C23H26F3NO5.7H2/c1-22-23(2)45-36(33(48-35(44)26-13-8-5-9-14-26)32(22)47-34(43)25-11-6-4-7-12-25)46-29-17-18-31(37(39,40)21-41-24(3)42)30(20-29)27-15-10-16-28(38)19-27;1-18-19(2)32-28(35-27(31)22-16-10-5-11-17-22)24(34-26(30)21-14-8-4-9-15-21)23(18)33-25(29)20-12-6-3-7-13-20;1-12-13(2)31-22(21(30)20(12)29)32-17-7-8-19(23(25,26)11-27-14(3)28)18(10-17)15-5-4-6-16(24)9-15;;;;;;;/h4-20,22-23,32-33,36H,21H2,1-3H3,(H,41,42);3-19,23-24,28H,1-2H3;4-10,12-13,20-22,29-30H,11H2,1-3H3,(H,27,28);7*1H/t22-,23-,32+,33+,36-;18-,19-,23+,24+,28?;12-,13-,20+,21+,22-;;;;;;;/m000......./s1/i;;;6*1+2T;1+2. The summed E-state index contributed by atoms with van der Waals surface area (Å²) in [5.41, 5.74) is 0.803. The van der Waals surface area contributed by atoms with E-state index >= 15 is 8.78 Å². The van der Waals surface area contributed by atoms with Crippen molar-refractivity contribution in [3.05, 3.63) is 287 Å². The Morgan fingerprint density at radius 2 is 0.678 bits per heavy atom. The van der Waals surface area contributed by atoms with Crippen LogP contribution in [0, 0.1) is 29.4 Å². The molecule has 1 unspecified atom stereocenters. The summed E-state index contributed by atoms with van der Waals surface area (Å²) in [6.45, 7) is 10.9. The second kappa shape index (κ2) is 38.9. The summed E-state index contributed by atoms with van der Waals surface area (Å²) in [5.74, 6) is -13.8. The van der Waals surface area contributed by atoms with E-state index in [0.717, 1.165) is 38.1 Å². The van der Waals surface area contributed by atoms with Crippen LogP contribution in [-0.4, -0.2) is 139 Å². The van der Waals surface area contributed by atoms with Crippen LogP contribution in [-0.2, 0) is 59.3 Å². The van der Waals surface area contributed by atoms with Crippen LogP contribution in [0.1, 0.15) is 138 Å². The summed E-state index contributed by atoms with van der Waals surface area (Å²) in [5, 5.41) is 24.7. The number of ether oxygens (including phenoxy) is 10. The molecule has 3 saturated heterocycles. The van der Waals surface area contributed by atoms with Crippen molar-refractivity contribution in [2.45, 2.75) is 141 Å². The minimum atomic E-state index is -3.54. The molecule has 618 valence electrons. The van der Waals surface area contributed by atoms with Crippen LogP contribution >= 0.6 is 0 Å². The summed E-state index contributed by atoms with van der Waals surface area (Å²) in [7, 11) is 0. The number of hydrogen-bond acceptors (Lipinski definition) is 19. The van der Waals surface area contributed by atoms with E-state index in [0.29, 0.717) is 16.7 Å². The first-order valence-corrected chi connectivity index (χ1v) is 36.9. The average Bonchev–Trinajstić information content (AvgIpc) is 0.791. The maximum Gasteiger partial charge on any atom is 0.340 e. The SMILES string of the molecule is CC(=O)NCC(F)(F)c1ccc(O[C@@H]2O[C@@H](C)[C@H](C)[C@@H](O)[C@H]2O)cc1-c1cccc(F)c1.CC(=O)NCC(F)(F)c1ccc(O[C@@H]2O[C@@H](C)[C@H](C)[C@@H](OC(=O)c3ccccc3)[C@H]2OC(=O)c2ccccc2)cc1-c1cccc(F)c1.C[C@@H]1[C@@H](OC(=O)c2ccccc2)[C@@H](OC(=O)c2ccccc2)C(OC(=O)c2ccccc2)O[C@H]1C.[3HH].[3H][3H].[3H][3H].[3H][3H].[3H][3H].[3H][3H].[3H][3H]. The molecule has 3 heterocycles. The molecule has 9 aromatic rings.